The molecule has 0 aliphatic carbocycles. The van der Waals surface area contributed by atoms with Crippen molar-refractivity contribution in [3.05, 3.63) is 0 Å². The zero-order valence-corrected chi connectivity index (χ0v) is 10.7. The molecule has 0 spiro atoms. The van der Waals surface area contributed by atoms with Crippen molar-refractivity contribution < 1.29 is 14.7 Å². The third-order valence-electron chi connectivity index (χ3n) is 2.45. The molecule has 0 saturated heterocycles. The van der Waals surface area contributed by atoms with E-state index in [9.17, 15) is 9.59 Å². The smallest absolute Gasteiger partial charge is 0.303 e. The highest BCUT2D eigenvalue weighted by molar-refractivity contribution is 5.77. The number of hydrogen-bond acceptors (Lipinski definition) is 2. The Hall–Kier alpha value is -1.06. The second kappa shape index (κ2) is 7.25. The van der Waals surface area contributed by atoms with Crippen LogP contribution >= 0.6 is 0 Å². The van der Waals surface area contributed by atoms with Crippen molar-refractivity contribution in [2.75, 3.05) is 6.54 Å². The Morgan fingerprint density at radius 1 is 1.19 bits per heavy atom. The number of nitrogens with zero attached hydrogens (tertiary/aromatic N) is 1. The summed E-state index contributed by atoms with van der Waals surface area (Å²) >= 11 is 0. The van der Waals surface area contributed by atoms with Crippen LogP contribution in [0.4, 0.5) is 0 Å². The van der Waals surface area contributed by atoms with Crippen LogP contribution in [-0.4, -0.2) is 34.5 Å². The van der Waals surface area contributed by atoms with Gasteiger partial charge in [-0.25, -0.2) is 0 Å². The monoisotopic (exact) mass is 229 g/mol. The van der Waals surface area contributed by atoms with Crippen LogP contribution in [0, 0.1) is 5.92 Å². The number of carboxylic acids is 1. The molecule has 1 unspecified atom stereocenters. The zero-order chi connectivity index (χ0) is 12.7. The molecule has 16 heavy (non-hydrogen) atoms. The molecule has 0 rings (SSSR count). The Bertz CT molecular complexity index is 238. The number of rotatable bonds is 7. The van der Waals surface area contributed by atoms with Crippen molar-refractivity contribution in [2.24, 2.45) is 5.92 Å². The van der Waals surface area contributed by atoms with Gasteiger partial charge in [-0.2, -0.15) is 0 Å². The van der Waals surface area contributed by atoms with E-state index in [0.29, 0.717) is 6.42 Å². The quantitative estimate of drug-likeness (QED) is 0.727. The number of carbonyl (C=O) groups excluding carboxylic acids is 1. The van der Waals surface area contributed by atoms with Gasteiger partial charge in [0.2, 0.25) is 5.91 Å². The summed E-state index contributed by atoms with van der Waals surface area (Å²) < 4.78 is 0. The first-order chi connectivity index (χ1) is 7.38. The van der Waals surface area contributed by atoms with E-state index < -0.39 is 5.97 Å². The lowest BCUT2D eigenvalue weighted by atomic mass is 10.0. The molecule has 4 heteroatoms. The maximum absolute atomic E-state index is 11.9. The molecule has 0 bridgehead atoms. The van der Waals surface area contributed by atoms with Gasteiger partial charge in [0.05, 0.1) is 0 Å². The van der Waals surface area contributed by atoms with Crippen molar-refractivity contribution in [3.8, 4) is 0 Å². The highest BCUT2D eigenvalue weighted by Gasteiger charge is 2.19. The number of carbonyl (C=O) groups is 2. The van der Waals surface area contributed by atoms with Crippen LogP contribution in [0.25, 0.3) is 0 Å². The fourth-order valence-electron chi connectivity index (χ4n) is 1.70. The first-order valence-electron chi connectivity index (χ1n) is 5.89. The van der Waals surface area contributed by atoms with E-state index >= 15 is 0 Å². The topological polar surface area (TPSA) is 57.6 Å². The molecule has 4 nitrogen and oxygen atoms in total. The molecule has 0 radical (unpaired) electrons. The lowest BCUT2D eigenvalue weighted by Crippen LogP contribution is -2.38. The SMILES string of the molecule is CCCN(C(=O)CC(C)CC(=O)O)C(C)C. The first-order valence-corrected chi connectivity index (χ1v) is 5.89. The van der Waals surface area contributed by atoms with Crippen LogP contribution in [0.3, 0.4) is 0 Å². The van der Waals surface area contributed by atoms with Gasteiger partial charge in [0, 0.05) is 25.4 Å². The fraction of sp³-hybridized carbons (Fsp3) is 0.833. The van der Waals surface area contributed by atoms with E-state index in [0.717, 1.165) is 13.0 Å². The van der Waals surface area contributed by atoms with E-state index in [1.54, 1.807) is 6.92 Å². The lowest BCUT2D eigenvalue weighted by molar-refractivity contribution is -0.138. The summed E-state index contributed by atoms with van der Waals surface area (Å²) in [6.07, 6.45) is 1.31. The predicted molar refractivity (Wildman–Crippen MR) is 63.2 cm³/mol. The molecule has 0 aliphatic heterocycles. The minimum Gasteiger partial charge on any atom is -0.481 e. The average Bonchev–Trinajstić information content (AvgIpc) is 2.11. The maximum atomic E-state index is 11.9. The largest absolute Gasteiger partial charge is 0.481 e. The van der Waals surface area contributed by atoms with Crippen LogP contribution in [-0.2, 0) is 9.59 Å². The highest BCUT2D eigenvalue weighted by Crippen LogP contribution is 2.12. The van der Waals surface area contributed by atoms with Gasteiger partial charge >= 0.3 is 5.97 Å². The van der Waals surface area contributed by atoms with Crippen LogP contribution in [0.5, 0.6) is 0 Å². The van der Waals surface area contributed by atoms with Crippen LogP contribution in [0.1, 0.15) is 47.0 Å². The standard InChI is InChI=1S/C12H23NO3/c1-5-6-13(9(2)3)11(14)7-10(4)8-12(15)16/h9-10H,5-8H2,1-4H3,(H,15,16). The Morgan fingerprint density at radius 2 is 1.75 bits per heavy atom. The van der Waals surface area contributed by atoms with E-state index in [4.69, 9.17) is 5.11 Å². The van der Waals surface area contributed by atoms with Gasteiger partial charge in [-0.3, -0.25) is 9.59 Å². The van der Waals surface area contributed by atoms with Gasteiger partial charge in [0.15, 0.2) is 0 Å². The van der Waals surface area contributed by atoms with Gasteiger partial charge in [-0.05, 0) is 26.2 Å². The van der Waals surface area contributed by atoms with Gasteiger partial charge in [-0.15, -0.1) is 0 Å². The Morgan fingerprint density at radius 3 is 2.12 bits per heavy atom. The van der Waals surface area contributed by atoms with E-state index in [1.807, 2.05) is 25.7 Å². The van der Waals surface area contributed by atoms with Crippen molar-refractivity contribution in [1.82, 2.24) is 4.90 Å². The zero-order valence-electron chi connectivity index (χ0n) is 10.7. The molecule has 1 N–H and O–H groups in total. The van der Waals surface area contributed by atoms with E-state index in [-0.39, 0.29) is 24.3 Å². The second-order valence-corrected chi connectivity index (χ2v) is 4.59. The molecule has 0 fully saturated rings. The molecule has 94 valence electrons. The third-order valence-corrected chi connectivity index (χ3v) is 2.45. The normalized spacial score (nSPS) is 12.6. The highest BCUT2D eigenvalue weighted by atomic mass is 16.4. The minimum absolute atomic E-state index is 0.0593. The van der Waals surface area contributed by atoms with Crippen molar-refractivity contribution in [1.29, 1.82) is 0 Å². The molecular formula is C12H23NO3. The molecule has 0 aromatic rings. The van der Waals surface area contributed by atoms with Crippen LogP contribution in [0.2, 0.25) is 0 Å². The summed E-state index contributed by atoms with van der Waals surface area (Å²) in [6, 6.07) is 0.185. The predicted octanol–water partition coefficient (Wildman–Crippen LogP) is 2.13. The number of hydrogen-bond donors (Lipinski definition) is 1. The Kier molecular flexibility index (Phi) is 6.77. The maximum Gasteiger partial charge on any atom is 0.303 e. The third kappa shape index (κ3) is 5.73. The number of amides is 1. The second-order valence-electron chi connectivity index (χ2n) is 4.59. The molecule has 1 atom stereocenters. The van der Waals surface area contributed by atoms with Crippen molar-refractivity contribution in [2.45, 2.75) is 53.0 Å². The summed E-state index contributed by atoms with van der Waals surface area (Å²) in [5, 5.41) is 8.62. The number of carboxylic acid groups (broad SMARTS) is 1. The van der Waals surface area contributed by atoms with Crippen molar-refractivity contribution in [3.63, 3.8) is 0 Å². The summed E-state index contributed by atoms with van der Waals surface area (Å²) in [4.78, 5) is 24.2. The van der Waals surface area contributed by atoms with Gasteiger partial charge in [0.25, 0.3) is 0 Å². The lowest BCUT2D eigenvalue weighted by Gasteiger charge is -2.27. The van der Waals surface area contributed by atoms with Crippen molar-refractivity contribution >= 4 is 11.9 Å². The summed E-state index contributed by atoms with van der Waals surface area (Å²) in [5.41, 5.74) is 0. The fourth-order valence-corrected chi connectivity index (χ4v) is 1.70. The van der Waals surface area contributed by atoms with Gasteiger partial charge in [-0.1, -0.05) is 13.8 Å². The average molecular weight is 229 g/mol. The minimum atomic E-state index is -0.841. The van der Waals surface area contributed by atoms with Crippen LogP contribution in [0.15, 0.2) is 0 Å². The molecule has 1 amide bonds. The van der Waals surface area contributed by atoms with Gasteiger partial charge < -0.3 is 10.0 Å². The summed E-state index contributed by atoms with van der Waals surface area (Å²) in [6.45, 7) is 8.54. The van der Waals surface area contributed by atoms with Crippen LogP contribution < -0.4 is 0 Å². The molecule has 0 aromatic heterocycles. The van der Waals surface area contributed by atoms with E-state index in [2.05, 4.69) is 0 Å². The summed E-state index contributed by atoms with van der Waals surface area (Å²) in [5.74, 6) is -0.874. The molecule has 0 saturated carbocycles. The molecule has 0 heterocycles. The molecular weight excluding hydrogens is 206 g/mol. The first kappa shape index (κ1) is 14.9. The summed E-state index contributed by atoms with van der Waals surface area (Å²) in [7, 11) is 0. The van der Waals surface area contributed by atoms with E-state index in [1.165, 1.54) is 0 Å². The van der Waals surface area contributed by atoms with Gasteiger partial charge in [0.1, 0.15) is 0 Å². The number of aliphatic carboxylic acids is 1. The molecule has 0 aliphatic rings. The Labute approximate surface area is 97.6 Å². The Balaban J connectivity index is 4.24. The molecule has 0 aromatic carbocycles.